The van der Waals surface area contributed by atoms with E-state index in [1.54, 1.807) is 0 Å². The van der Waals surface area contributed by atoms with Crippen LogP contribution in [0.25, 0.3) is 0 Å². The molecule has 5 heteroatoms. The molecule has 10 heavy (non-hydrogen) atoms. The summed E-state index contributed by atoms with van der Waals surface area (Å²) in [6.45, 7) is 1.98. The largest absolute Gasteiger partial charge is 0.326 e. The van der Waals surface area contributed by atoms with E-state index in [0.717, 1.165) is 0 Å². The van der Waals surface area contributed by atoms with Crippen molar-refractivity contribution in [2.75, 3.05) is 13.2 Å². The van der Waals surface area contributed by atoms with E-state index >= 15 is 0 Å². The third-order valence-corrected chi connectivity index (χ3v) is 2.05. The van der Waals surface area contributed by atoms with E-state index in [-0.39, 0.29) is 33.0 Å². The highest BCUT2D eigenvalue weighted by Gasteiger charge is 2.12. The van der Waals surface area contributed by atoms with Gasteiger partial charge < -0.3 is 11.1 Å². The average molecular weight is 186 g/mol. The van der Waals surface area contributed by atoms with Crippen molar-refractivity contribution in [3.8, 4) is 0 Å². The molecule has 0 aliphatic carbocycles. The molecule has 0 spiro atoms. The molecule has 0 bridgehead atoms. The highest BCUT2D eigenvalue weighted by atomic mass is 35.5. The molecular weight excluding hydrogens is 170 g/mol. The van der Waals surface area contributed by atoms with E-state index in [1.165, 1.54) is 0 Å². The predicted molar refractivity (Wildman–Crippen MR) is 47.6 cm³/mol. The van der Waals surface area contributed by atoms with Gasteiger partial charge in [-0.25, -0.2) is 0 Å². The van der Waals surface area contributed by atoms with Gasteiger partial charge in [-0.05, 0) is 14.0 Å². The van der Waals surface area contributed by atoms with Crippen LogP contribution in [0.1, 0.15) is 6.92 Å². The molecular formula is C5H15ClN2OP+. The van der Waals surface area contributed by atoms with Crippen LogP contribution in [0.2, 0.25) is 0 Å². The van der Waals surface area contributed by atoms with Crippen LogP contribution in [-0.2, 0) is 4.57 Å². The first kappa shape index (κ1) is 12.9. The number of likely N-dealkylation sites (N-methyl/N-ethyl adjacent to an activating group) is 1. The molecule has 3 nitrogen and oxygen atoms in total. The molecule has 0 heterocycles. The van der Waals surface area contributed by atoms with E-state index in [0.29, 0.717) is 6.16 Å². The van der Waals surface area contributed by atoms with Gasteiger partial charge in [-0.3, -0.25) is 0 Å². The van der Waals surface area contributed by atoms with Gasteiger partial charge in [-0.15, -0.1) is 12.4 Å². The number of hydrogen-bond acceptors (Lipinski definition) is 3. The standard InChI is InChI=1S/C5H13N2OP.ClH/c1-4(7-2)5(6)3-9-8;/h4-5,7H,3,6H2,1-2H3;1H/p+1. The van der Waals surface area contributed by atoms with Crippen molar-refractivity contribution in [1.82, 2.24) is 5.32 Å². The van der Waals surface area contributed by atoms with Crippen LogP contribution in [0, 0.1) is 0 Å². The summed E-state index contributed by atoms with van der Waals surface area (Å²) >= 11 is 0. The number of hydrogen-bond donors (Lipinski definition) is 2. The van der Waals surface area contributed by atoms with Gasteiger partial charge in [0, 0.05) is 6.04 Å². The summed E-state index contributed by atoms with van der Waals surface area (Å²) < 4.78 is 10.1. The Balaban J connectivity index is 0. The summed E-state index contributed by atoms with van der Waals surface area (Å²) in [5.41, 5.74) is 5.58. The molecule has 0 saturated carbocycles. The normalized spacial score (nSPS) is 15.9. The zero-order valence-corrected chi connectivity index (χ0v) is 8.07. The lowest BCUT2D eigenvalue weighted by Gasteiger charge is -2.12. The van der Waals surface area contributed by atoms with Crippen molar-refractivity contribution in [1.29, 1.82) is 0 Å². The summed E-state index contributed by atoms with van der Waals surface area (Å²) in [5.74, 6) is 0. The molecule has 0 saturated heterocycles. The Bertz CT molecular complexity index is 93.7. The van der Waals surface area contributed by atoms with Crippen LogP contribution in [0.5, 0.6) is 0 Å². The summed E-state index contributed by atoms with van der Waals surface area (Å²) in [6.07, 6.45) is 0.585. The van der Waals surface area contributed by atoms with Crippen molar-refractivity contribution >= 4 is 20.9 Å². The first-order valence-electron chi connectivity index (χ1n) is 3.00. The lowest BCUT2D eigenvalue weighted by Crippen LogP contribution is -2.42. The Kier molecular flexibility index (Phi) is 9.60. The Morgan fingerprint density at radius 2 is 2.20 bits per heavy atom. The third-order valence-electron chi connectivity index (χ3n) is 1.42. The second-order valence-corrected chi connectivity index (χ2v) is 2.79. The number of halogens is 1. The van der Waals surface area contributed by atoms with E-state index in [2.05, 4.69) is 5.32 Å². The minimum Gasteiger partial charge on any atom is -0.323 e. The molecule has 0 amide bonds. The quantitative estimate of drug-likeness (QED) is 0.623. The van der Waals surface area contributed by atoms with Crippen molar-refractivity contribution in [2.24, 2.45) is 5.73 Å². The van der Waals surface area contributed by atoms with Gasteiger partial charge in [0.05, 0.1) is 6.04 Å². The maximum absolute atomic E-state index is 10.1. The first-order chi connectivity index (χ1) is 4.22. The number of nitrogens with one attached hydrogen (secondary N) is 1. The van der Waals surface area contributed by atoms with Gasteiger partial charge in [0.15, 0.2) is 6.16 Å². The third kappa shape index (κ3) is 5.12. The highest BCUT2D eigenvalue weighted by molar-refractivity contribution is 7.23. The summed E-state index contributed by atoms with van der Waals surface area (Å²) in [5, 5.41) is 2.99. The zero-order chi connectivity index (χ0) is 7.28. The fraction of sp³-hybridized carbons (Fsp3) is 1.00. The van der Waals surface area contributed by atoms with Crippen LogP contribution >= 0.6 is 20.9 Å². The monoisotopic (exact) mass is 185 g/mol. The van der Waals surface area contributed by atoms with E-state index in [9.17, 15) is 4.57 Å². The van der Waals surface area contributed by atoms with Gasteiger partial charge in [0.2, 0.25) is 0 Å². The van der Waals surface area contributed by atoms with E-state index in [4.69, 9.17) is 5.73 Å². The maximum atomic E-state index is 10.1. The van der Waals surface area contributed by atoms with Gasteiger partial charge in [-0.2, -0.15) is 0 Å². The van der Waals surface area contributed by atoms with Crippen molar-refractivity contribution in [3.05, 3.63) is 0 Å². The topological polar surface area (TPSA) is 55.1 Å². The van der Waals surface area contributed by atoms with Gasteiger partial charge >= 0.3 is 8.46 Å². The molecule has 0 aliphatic heterocycles. The molecule has 3 unspecified atom stereocenters. The molecule has 0 fully saturated rings. The number of nitrogens with two attached hydrogens (primary N) is 1. The van der Waals surface area contributed by atoms with Gasteiger partial charge in [0.25, 0.3) is 0 Å². The van der Waals surface area contributed by atoms with E-state index in [1.807, 2.05) is 14.0 Å². The van der Waals surface area contributed by atoms with Crippen LogP contribution in [0.3, 0.4) is 0 Å². The smallest absolute Gasteiger partial charge is 0.323 e. The molecule has 0 aromatic carbocycles. The van der Waals surface area contributed by atoms with Crippen LogP contribution in [-0.4, -0.2) is 25.3 Å². The molecule has 3 atom stereocenters. The molecule has 62 valence electrons. The molecule has 0 radical (unpaired) electrons. The van der Waals surface area contributed by atoms with Gasteiger partial charge in [0.1, 0.15) is 0 Å². The summed E-state index contributed by atoms with van der Waals surface area (Å²) in [4.78, 5) is 0. The minimum absolute atomic E-state index is 0. The van der Waals surface area contributed by atoms with Crippen molar-refractivity contribution < 1.29 is 4.57 Å². The minimum atomic E-state index is -0.281. The van der Waals surface area contributed by atoms with Crippen LogP contribution in [0.4, 0.5) is 0 Å². The fourth-order valence-corrected chi connectivity index (χ4v) is 1.03. The van der Waals surface area contributed by atoms with E-state index < -0.39 is 0 Å². The maximum Gasteiger partial charge on any atom is 0.326 e. The average Bonchev–Trinajstić information content (AvgIpc) is 1.87. The first-order valence-corrected chi connectivity index (χ1v) is 4.11. The second-order valence-electron chi connectivity index (χ2n) is 2.09. The summed E-state index contributed by atoms with van der Waals surface area (Å²) in [7, 11) is 1.56. The van der Waals surface area contributed by atoms with Crippen molar-refractivity contribution in [2.45, 2.75) is 19.0 Å². The fourth-order valence-electron chi connectivity index (χ4n) is 0.487. The SMILES string of the molecule is CNC(C)C(N)C[PH+]=O.Cl. The van der Waals surface area contributed by atoms with Crippen LogP contribution < -0.4 is 11.1 Å². The lowest BCUT2D eigenvalue weighted by molar-refractivity contribution is 0.517. The second kappa shape index (κ2) is 7.42. The zero-order valence-electron chi connectivity index (χ0n) is 6.26. The molecule has 3 N–H and O–H groups in total. The highest BCUT2D eigenvalue weighted by Crippen LogP contribution is 1.97. The molecule has 0 aliphatic rings. The van der Waals surface area contributed by atoms with Gasteiger partial charge in [-0.1, -0.05) is 4.57 Å². The Hall–Kier alpha value is 0.310. The number of rotatable bonds is 4. The lowest BCUT2D eigenvalue weighted by atomic mass is 10.2. The Morgan fingerprint density at radius 1 is 1.70 bits per heavy atom. The van der Waals surface area contributed by atoms with Crippen LogP contribution in [0.15, 0.2) is 0 Å². The predicted octanol–water partition coefficient (Wildman–Crippen LogP) is 0.367. The molecule has 0 aromatic heterocycles. The Morgan fingerprint density at radius 3 is 2.50 bits per heavy atom. The Labute approximate surface area is 69.4 Å². The molecule has 0 aromatic rings. The summed E-state index contributed by atoms with van der Waals surface area (Å²) in [6, 6.07) is 0.275. The molecule has 0 rings (SSSR count). The van der Waals surface area contributed by atoms with Crippen molar-refractivity contribution in [3.63, 3.8) is 0 Å².